The molecular weight excluding hydrogens is 570 g/mol. The topological polar surface area (TPSA) is 112 Å². The Morgan fingerprint density at radius 3 is 2.67 bits per heavy atom. The van der Waals surface area contributed by atoms with Gasteiger partial charge in [0.15, 0.2) is 5.82 Å². The lowest BCUT2D eigenvalue weighted by atomic mass is 9.94. The number of anilines is 2. The minimum atomic E-state index is -1.15. The number of carbonyl (C=O) groups excluding carboxylic acids is 2. The number of carboxylic acid groups (broad SMARTS) is 1. The molecule has 0 unspecified atom stereocenters. The second-order valence-corrected chi connectivity index (χ2v) is 10.9. The lowest BCUT2D eigenvalue weighted by molar-refractivity contribution is -0.119. The maximum absolute atomic E-state index is 14.7. The van der Waals surface area contributed by atoms with E-state index in [1.54, 1.807) is 37.4 Å². The number of rotatable bonds is 3. The summed E-state index contributed by atoms with van der Waals surface area (Å²) in [6.45, 7) is 1.96. The number of hydrogen-bond donors (Lipinski definition) is 2. The molecule has 5 rings (SSSR count). The standard InChI is InChI=1S/C30H29ClF2N4O5/c1-16-4-3-5-24(37-13-11-25(42-30(37)41)26-21(32)9-8-20(31)27(26)33)23-14-17(10-12-34-23)19-7-6-18(36(2)29(39)40)15-22(19)35-28(16)38/h6-10,12,14-16,24-25H,3-5,11,13H2,1-2H3,(H,35,38)(H,39,40)/t16-,24+,25-/m1/s1. The van der Waals surface area contributed by atoms with Crippen LogP contribution in [0.25, 0.3) is 11.1 Å². The van der Waals surface area contributed by atoms with E-state index in [4.69, 9.17) is 16.3 Å². The molecule has 2 aliphatic rings. The molecule has 2 bridgehead atoms. The zero-order chi connectivity index (χ0) is 30.1. The van der Waals surface area contributed by atoms with Gasteiger partial charge >= 0.3 is 12.2 Å². The van der Waals surface area contributed by atoms with Crippen molar-refractivity contribution in [3.05, 3.63) is 76.6 Å². The number of nitrogens with one attached hydrogen (secondary N) is 1. The molecule has 9 nitrogen and oxygen atoms in total. The third kappa shape index (κ3) is 5.74. The number of halogens is 3. The van der Waals surface area contributed by atoms with E-state index in [9.17, 15) is 28.3 Å². The number of hydrogen-bond acceptors (Lipinski definition) is 5. The van der Waals surface area contributed by atoms with Crippen molar-refractivity contribution in [2.24, 2.45) is 5.92 Å². The van der Waals surface area contributed by atoms with Gasteiger partial charge in [0.1, 0.15) is 11.9 Å². The highest BCUT2D eigenvalue weighted by atomic mass is 35.5. The fourth-order valence-corrected chi connectivity index (χ4v) is 5.56. The van der Waals surface area contributed by atoms with Gasteiger partial charge in [0, 0.05) is 43.4 Å². The Labute approximate surface area is 246 Å². The zero-order valence-electron chi connectivity index (χ0n) is 22.9. The van der Waals surface area contributed by atoms with Gasteiger partial charge in [-0.3, -0.25) is 19.6 Å². The predicted molar refractivity (Wildman–Crippen MR) is 152 cm³/mol. The van der Waals surface area contributed by atoms with E-state index in [0.29, 0.717) is 47.5 Å². The molecule has 0 spiro atoms. The maximum Gasteiger partial charge on any atom is 0.411 e. The molecule has 2 aliphatic heterocycles. The highest BCUT2D eigenvalue weighted by molar-refractivity contribution is 6.30. The average Bonchev–Trinajstić information content (AvgIpc) is 2.97. The summed E-state index contributed by atoms with van der Waals surface area (Å²) in [6.07, 6.45) is 0.285. The molecule has 3 aromatic rings. The second kappa shape index (κ2) is 11.9. The Morgan fingerprint density at radius 1 is 1.14 bits per heavy atom. The largest absolute Gasteiger partial charge is 0.465 e. The number of fused-ring (bicyclic) bond motifs is 4. The molecule has 0 aliphatic carbocycles. The predicted octanol–water partition coefficient (Wildman–Crippen LogP) is 7.18. The van der Waals surface area contributed by atoms with E-state index in [1.807, 2.05) is 6.07 Å². The molecule has 0 saturated carbocycles. The number of benzene rings is 2. The molecule has 12 heteroatoms. The van der Waals surface area contributed by atoms with Gasteiger partial charge in [-0.2, -0.15) is 0 Å². The van der Waals surface area contributed by atoms with Crippen LogP contribution in [-0.2, 0) is 9.53 Å². The molecule has 42 heavy (non-hydrogen) atoms. The van der Waals surface area contributed by atoms with Crippen molar-refractivity contribution in [2.45, 2.75) is 44.8 Å². The summed E-state index contributed by atoms with van der Waals surface area (Å²) in [7, 11) is 1.41. The van der Waals surface area contributed by atoms with Gasteiger partial charge in [0.25, 0.3) is 0 Å². The Balaban J connectivity index is 1.50. The van der Waals surface area contributed by atoms with Crippen LogP contribution in [0, 0.1) is 17.6 Å². The first kappa shape index (κ1) is 29.2. The Bertz CT molecular complexity index is 1550. The van der Waals surface area contributed by atoms with Gasteiger partial charge in [0.05, 0.1) is 28.0 Å². The normalized spacial score (nSPS) is 20.9. The van der Waals surface area contributed by atoms with Crippen LogP contribution in [0.2, 0.25) is 5.02 Å². The van der Waals surface area contributed by atoms with E-state index in [2.05, 4.69) is 10.3 Å². The molecule has 3 heterocycles. The molecule has 3 amide bonds. The fourth-order valence-electron chi connectivity index (χ4n) is 5.39. The average molecular weight is 599 g/mol. The minimum absolute atomic E-state index is 0.137. The van der Waals surface area contributed by atoms with Crippen molar-refractivity contribution in [1.29, 1.82) is 0 Å². The summed E-state index contributed by atoms with van der Waals surface area (Å²) in [6, 6.07) is 10.2. The highest BCUT2D eigenvalue weighted by Gasteiger charge is 2.37. The van der Waals surface area contributed by atoms with E-state index < -0.39 is 36.0 Å². The zero-order valence-corrected chi connectivity index (χ0v) is 23.7. The fraction of sp³-hybridized carbons (Fsp3) is 0.333. The molecule has 3 atom stereocenters. The van der Waals surface area contributed by atoms with E-state index >= 15 is 0 Å². The first-order valence-electron chi connectivity index (χ1n) is 13.5. The van der Waals surface area contributed by atoms with Crippen LogP contribution >= 0.6 is 11.6 Å². The molecule has 2 N–H and O–H groups in total. The SMILES string of the molecule is C[C@@H]1CCC[C@H](N2CC[C@H](c3c(F)ccc(Cl)c3F)OC2=O)c2cc(ccn2)-c2ccc(N(C)C(=O)O)cc2NC1=O. The second-order valence-electron chi connectivity index (χ2n) is 10.5. The van der Waals surface area contributed by atoms with Crippen molar-refractivity contribution < 1.29 is 33.0 Å². The molecule has 1 fully saturated rings. The van der Waals surface area contributed by atoms with Crippen LogP contribution < -0.4 is 10.2 Å². The van der Waals surface area contributed by atoms with Crippen LogP contribution in [0.5, 0.6) is 0 Å². The molecular formula is C30H29ClF2N4O5. The van der Waals surface area contributed by atoms with E-state index in [-0.39, 0.29) is 35.4 Å². The number of carbonyl (C=O) groups is 3. The lowest BCUT2D eigenvalue weighted by Crippen LogP contribution is -2.42. The van der Waals surface area contributed by atoms with Gasteiger partial charge in [0.2, 0.25) is 5.91 Å². The summed E-state index contributed by atoms with van der Waals surface area (Å²) >= 11 is 5.85. The Morgan fingerprint density at radius 2 is 1.93 bits per heavy atom. The van der Waals surface area contributed by atoms with Crippen molar-refractivity contribution in [3.63, 3.8) is 0 Å². The molecule has 2 aromatic carbocycles. The van der Waals surface area contributed by atoms with Gasteiger partial charge in [-0.05, 0) is 54.8 Å². The Hall–Kier alpha value is -4.25. The highest BCUT2D eigenvalue weighted by Crippen LogP contribution is 2.39. The number of cyclic esters (lactones) is 1. The van der Waals surface area contributed by atoms with Gasteiger partial charge in [-0.1, -0.05) is 31.0 Å². The maximum atomic E-state index is 14.7. The van der Waals surface area contributed by atoms with Crippen molar-refractivity contribution >= 4 is 41.1 Å². The minimum Gasteiger partial charge on any atom is -0.465 e. The third-order valence-electron chi connectivity index (χ3n) is 7.82. The molecule has 1 saturated heterocycles. The van der Waals surface area contributed by atoms with E-state index in [0.717, 1.165) is 17.0 Å². The van der Waals surface area contributed by atoms with Crippen LogP contribution in [0.3, 0.4) is 0 Å². The number of ether oxygens (including phenoxy) is 1. The van der Waals surface area contributed by atoms with Gasteiger partial charge < -0.3 is 15.2 Å². The Kier molecular flexibility index (Phi) is 8.31. The number of aromatic nitrogens is 1. The van der Waals surface area contributed by atoms with Gasteiger partial charge in [-0.25, -0.2) is 18.4 Å². The molecule has 0 radical (unpaired) electrons. The summed E-state index contributed by atoms with van der Waals surface area (Å²) < 4.78 is 34.7. The van der Waals surface area contributed by atoms with Crippen molar-refractivity contribution in [1.82, 2.24) is 9.88 Å². The summed E-state index contributed by atoms with van der Waals surface area (Å²) in [5.74, 6) is -2.39. The van der Waals surface area contributed by atoms with Crippen molar-refractivity contribution in [3.8, 4) is 11.1 Å². The first-order chi connectivity index (χ1) is 20.0. The van der Waals surface area contributed by atoms with Crippen LogP contribution in [0.15, 0.2) is 48.7 Å². The number of nitrogens with zero attached hydrogens (tertiary/aromatic N) is 3. The number of pyridine rings is 1. The van der Waals surface area contributed by atoms with Crippen LogP contribution in [0.1, 0.15) is 56.0 Å². The summed E-state index contributed by atoms with van der Waals surface area (Å²) in [4.78, 5) is 45.1. The van der Waals surface area contributed by atoms with E-state index in [1.165, 1.54) is 11.9 Å². The monoisotopic (exact) mass is 598 g/mol. The summed E-state index contributed by atoms with van der Waals surface area (Å²) in [5, 5.41) is 12.1. The first-order valence-corrected chi connectivity index (χ1v) is 13.9. The molecule has 1 aromatic heterocycles. The van der Waals surface area contributed by atoms with Gasteiger partial charge in [-0.15, -0.1) is 0 Å². The number of amides is 3. The lowest BCUT2D eigenvalue weighted by Gasteiger charge is -2.37. The van der Waals surface area contributed by atoms with Crippen LogP contribution in [0.4, 0.5) is 29.7 Å². The summed E-state index contributed by atoms with van der Waals surface area (Å²) in [5.41, 5.74) is 2.38. The smallest absolute Gasteiger partial charge is 0.411 e. The van der Waals surface area contributed by atoms with Crippen molar-refractivity contribution in [2.75, 3.05) is 23.8 Å². The van der Waals surface area contributed by atoms with Crippen LogP contribution in [-0.4, -0.2) is 46.7 Å². The third-order valence-corrected chi connectivity index (χ3v) is 8.11. The molecule has 220 valence electrons. The quantitative estimate of drug-likeness (QED) is 0.309.